The number of nitrogens with one attached hydrogen (secondary N) is 2. The fourth-order valence-electron chi connectivity index (χ4n) is 2.07. The van der Waals surface area contributed by atoms with Crippen molar-refractivity contribution in [3.05, 3.63) is 58.6 Å². The Morgan fingerprint density at radius 2 is 1.72 bits per heavy atom. The zero-order chi connectivity index (χ0) is 18.3. The number of carbonyl (C=O) groups is 1. The van der Waals surface area contributed by atoms with E-state index in [-0.39, 0.29) is 23.8 Å². The van der Waals surface area contributed by atoms with Crippen LogP contribution in [0, 0.1) is 0 Å². The summed E-state index contributed by atoms with van der Waals surface area (Å²) in [6.07, 6.45) is 0.242. The summed E-state index contributed by atoms with van der Waals surface area (Å²) in [4.78, 5) is 12.2. The van der Waals surface area contributed by atoms with Crippen molar-refractivity contribution in [3.8, 4) is 0 Å². The first-order valence-corrected chi connectivity index (χ1v) is 9.81. The maximum absolute atomic E-state index is 12.1. The zero-order valence-corrected chi connectivity index (χ0v) is 16.1. The molecule has 134 valence electrons. The van der Waals surface area contributed by atoms with Gasteiger partial charge in [-0.2, -0.15) is 0 Å². The summed E-state index contributed by atoms with van der Waals surface area (Å²) in [5.74, 6) is -0.170. The molecule has 0 aliphatic heterocycles. The van der Waals surface area contributed by atoms with Crippen LogP contribution in [0.4, 0.5) is 5.69 Å². The molecule has 6 nitrogen and oxygen atoms in total. The van der Waals surface area contributed by atoms with Crippen molar-refractivity contribution in [3.63, 3.8) is 0 Å². The Morgan fingerprint density at radius 3 is 2.32 bits per heavy atom. The van der Waals surface area contributed by atoms with Crippen LogP contribution in [0.3, 0.4) is 0 Å². The van der Waals surface area contributed by atoms with Gasteiger partial charge in [-0.15, -0.1) is 0 Å². The lowest BCUT2D eigenvalue weighted by atomic mass is 10.1. The molecule has 0 aliphatic carbocycles. The van der Waals surface area contributed by atoms with Gasteiger partial charge in [0.2, 0.25) is 15.9 Å². The number of benzene rings is 2. The van der Waals surface area contributed by atoms with Crippen molar-refractivity contribution in [1.82, 2.24) is 4.72 Å². The van der Waals surface area contributed by atoms with Crippen molar-refractivity contribution in [2.45, 2.75) is 11.3 Å². The minimum Gasteiger partial charge on any atom is -0.383 e. The van der Waals surface area contributed by atoms with Gasteiger partial charge in [0.1, 0.15) is 0 Å². The fraction of sp³-hybridized carbons (Fsp3) is 0.235. The summed E-state index contributed by atoms with van der Waals surface area (Å²) >= 11 is 3.35. The first-order valence-electron chi connectivity index (χ1n) is 7.54. The molecule has 0 heterocycles. The third-order valence-corrected chi connectivity index (χ3v) is 5.33. The minimum atomic E-state index is -3.58. The third-order valence-electron chi connectivity index (χ3n) is 3.32. The molecule has 0 aliphatic rings. The van der Waals surface area contributed by atoms with Gasteiger partial charge >= 0.3 is 0 Å². The average Bonchev–Trinajstić information content (AvgIpc) is 2.57. The van der Waals surface area contributed by atoms with Gasteiger partial charge in [0.25, 0.3) is 0 Å². The van der Waals surface area contributed by atoms with Gasteiger partial charge in [0, 0.05) is 23.8 Å². The Labute approximate surface area is 155 Å². The number of hydrogen-bond donors (Lipinski definition) is 2. The second-order valence-electron chi connectivity index (χ2n) is 5.27. The molecule has 0 unspecified atom stereocenters. The van der Waals surface area contributed by atoms with Gasteiger partial charge in [-0.1, -0.05) is 28.1 Å². The van der Waals surface area contributed by atoms with Gasteiger partial charge < -0.3 is 10.1 Å². The standard InChI is InChI=1S/C17H19BrN2O4S/c1-24-11-10-19-25(22,23)16-8-6-15(7-9-16)20-17(21)12-13-2-4-14(18)5-3-13/h2-9,19H,10-12H2,1H3,(H,20,21). The van der Waals surface area contributed by atoms with Crippen LogP contribution in [0.2, 0.25) is 0 Å². The van der Waals surface area contributed by atoms with Crippen molar-refractivity contribution < 1.29 is 17.9 Å². The molecule has 2 N–H and O–H groups in total. The number of anilines is 1. The third kappa shape index (κ3) is 6.24. The summed E-state index contributed by atoms with van der Waals surface area (Å²) in [5.41, 5.74) is 1.43. The summed E-state index contributed by atoms with van der Waals surface area (Å²) in [7, 11) is -2.08. The predicted molar refractivity (Wildman–Crippen MR) is 100.0 cm³/mol. The van der Waals surface area contributed by atoms with Gasteiger partial charge in [-0.25, -0.2) is 13.1 Å². The van der Waals surface area contributed by atoms with Crippen LogP contribution in [-0.4, -0.2) is 34.6 Å². The Bertz CT molecular complexity index is 806. The van der Waals surface area contributed by atoms with Crippen LogP contribution in [0.5, 0.6) is 0 Å². The maximum atomic E-state index is 12.1. The molecule has 25 heavy (non-hydrogen) atoms. The first kappa shape index (κ1) is 19.6. The lowest BCUT2D eigenvalue weighted by molar-refractivity contribution is -0.115. The number of amides is 1. The number of hydrogen-bond acceptors (Lipinski definition) is 4. The van der Waals surface area contributed by atoms with E-state index in [4.69, 9.17) is 4.74 Å². The normalized spacial score (nSPS) is 11.3. The SMILES string of the molecule is COCCNS(=O)(=O)c1ccc(NC(=O)Cc2ccc(Br)cc2)cc1. The predicted octanol–water partition coefficient (Wildman–Crippen LogP) is 2.56. The van der Waals surface area contributed by atoms with Crippen molar-refractivity contribution in [2.24, 2.45) is 0 Å². The largest absolute Gasteiger partial charge is 0.383 e. The second-order valence-corrected chi connectivity index (χ2v) is 7.95. The summed E-state index contributed by atoms with van der Waals surface area (Å²) < 4.78 is 32.3. The number of rotatable bonds is 8. The zero-order valence-electron chi connectivity index (χ0n) is 13.7. The quantitative estimate of drug-likeness (QED) is 0.635. The lowest BCUT2D eigenvalue weighted by Crippen LogP contribution is -2.27. The Morgan fingerprint density at radius 1 is 1.08 bits per heavy atom. The molecule has 2 rings (SSSR count). The van der Waals surface area contributed by atoms with E-state index in [1.165, 1.54) is 19.2 Å². The molecule has 0 aromatic heterocycles. The molecule has 1 amide bonds. The number of halogens is 1. The van der Waals surface area contributed by atoms with E-state index in [2.05, 4.69) is 26.0 Å². The van der Waals surface area contributed by atoms with Crippen LogP contribution >= 0.6 is 15.9 Å². The van der Waals surface area contributed by atoms with E-state index >= 15 is 0 Å². The van der Waals surface area contributed by atoms with E-state index in [0.29, 0.717) is 12.3 Å². The lowest BCUT2D eigenvalue weighted by Gasteiger charge is -2.08. The van der Waals surface area contributed by atoms with E-state index in [0.717, 1.165) is 10.0 Å². The smallest absolute Gasteiger partial charge is 0.240 e. The Balaban J connectivity index is 1.95. The van der Waals surface area contributed by atoms with Crippen molar-refractivity contribution in [2.75, 3.05) is 25.6 Å². The highest BCUT2D eigenvalue weighted by Crippen LogP contribution is 2.15. The van der Waals surface area contributed by atoms with Crippen molar-refractivity contribution >= 4 is 37.5 Å². The highest BCUT2D eigenvalue weighted by Gasteiger charge is 2.13. The molecule has 2 aromatic rings. The fourth-order valence-corrected chi connectivity index (χ4v) is 3.35. The number of sulfonamides is 1. The Kier molecular flexibility index (Phi) is 7.12. The Hall–Kier alpha value is -1.74. The van der Waals surface area contributed by atoms with Crippen LogP contribution in [0.1, 0.15) is 5.56 Å². The van der Waals surface area contributed by atoms with Crippen LogP contribution in [-0.2, 0) is 26.0 Å². The highest BCUT2D eigenvalue weighted by atomic mass is 79.9. The van der Waals surface area contributed by atoms with E-state index in [9.17, 15) is 13.2 Å². The molecular weight excluding hydrogens is 408 g/mol. The highest BCUT2D eigenvalue weighted by molar-refractivity contribution is 9.10. The molecule has 2 aromatic carbocycles. The summed E-state index contributed by atoms with van der Waals surface area (Å²) in [5, 5.41) is 2.75. The van der Waals surface area contributed by atoms with Crippen LogP contribution in [0.15, 0.2) is 57.9 Å². The first-order chi connectivity index (χ1) is 11.9. The molecular formula is C17H19BrN2O4S. The number of carbonyl (C=O) groups excluding carboxylic acids is 1. The second kappa shape index (κ2) is 9.10. The topological polar surface area (TPSA) is 84.5 Å². The average molecular weight is 427 g/mol. The molecule has 0 fully saturated rings. The number of ether oxygens (including phenoxy) is 1. The van der Waals surface area contributed by atoms with Crippen LogP contribution < -0.4 is 10.0 Å². The molecule has 0 saturated carbocycles. The monoisotopic (exact) mass is 426 g/mol. The van der Waals surface area contributed by atoms with Crippen LogP contribution in [0.25, 0.3) is 0 Å². The van der Waals surface area contributed by atoms with E-state index < -0.39 is 10.0 Å². The molecule has 0 saturated heterocycles. The molecule has 0 atom stereocenters. The maximum Gasteiger partial charge on any atom is 0.240 e. The summed E-state index contributed by atoms with van der Waals surface area (Å²) in [6.45, 7) is 0.494. The molecule has 0 spiro atoms. The minimum absolute atomic E-state index is 0.134. The molecule has 0 bridgehead atoms. The number of methoxy groups -OCH3 is 1. The van der Waals surface area contributed by atoms with Gasteiger partial charge in [0.15, 0.2) is 0 Å². The van der Waals surface area contributed by atoms with Crippen molar-refractivity contribution in [1.29, 1.82) is 0 Å². The van der Waals surface area contributed by atoms with Gasteiger partial charge in [0.05, 0.1) is 17.9 Å². The van der Waals surface area contributed by atoms with E-state index in [1.54, 1.807) is 12.1 Å². The molecule has 8 heteroatoms. The molecule has 0 radical (unpaired) electrons. The van der Waals surface area contributed by atoms with Gasteiger partial charge in [-0.3, -0.25) is 4.79 Å². The van der Waals surface area contributed by atoms with Gasteiger partial charge in [-0.05, 0) is 42.0 Å². The summed E-state index contributed by atoms with van der Waals surface area (Å²) in [6, 6.07) is 13.5. The van der Waals surface area contributed by atoms with E-state index in [1.807, 2.05) is 24.3 Å².